The number of hydrogen-bond donors (Lipinski definition) is 1. The molecule has 1 amide bonds. The summed E-state index contributed by atoms with van der Waals surface area (Å²) < 4.78 is 5.98. The molecule has 0 saturated carbocycles. The van der Waals surface area contributed by atoms with Gasteiger partial charge in [0.1, 0.15) is 23.9 Å². The van der Waals surface area contributed by atoms with Gasteiger partial charge in [-0.05, 0) is 68.2 Å². The minimum atomic E-state index is -0.0151. The van der Waals surface area contributed by atoms with Gasteiger partial charge in [-0.1, -0.05) is 24.6 Å². The number of aromatic amines is 1. The first-order valence-corrected chi connectivity index (χ1v) is 11.3. The summed E-state index contributed by atoms with van der Waals surface area (Å²) in [5, 5.41) is 0. The lowest BCUT2D eigenvalue weighted by atomic mass is 10.00. The molecule has 1 atom stereocenters. The van der Waals surface area contributed by atoms with Crippen LogP contribution in [0.2, 0.25) is 0 Å². The van der Waals surface area contributed by atoms with Gasteiger partial charge in [0.05, 0.1) is 23.6 Å². The van der Waals surface area contributed by atoms with E-state index in [1.54, 1.807) is 0 Å². The molecule has 0 aliphatic carbocycles. The molecular weight excluding hydrogens is 400 g/mol. The van der Waals surface area contributed by atoms with Crippen LogP contribution >= 0.6 is 0 Å². The summed E-state index contributed by atoms with van der Waals surface area (Å²) in [6.07, 6.45) is 3.82. The average Bonchev–Trinajstić information content (AvgIpc) is 3.03. The number of nitrogens with zero attached hydrogens (tertiary/aromatic N) is 3. The quantitative estimate of drug-likeness (QED) is 0.650. The van der Waals surface area contributed by atoms with Crippen LogP contribution in [0.4, 0.5) is 0 Å². The van der Waals surface area contributed by atoms with E-state index in [2.05, 4.69) is 48.1 Å². The largest absolute Gasteiger partial charge is 0.491 e. The van der Waals surface area contributed by atoms with Crippen molar-refractivity contribution in [2.45, 2.75) is 46.2 Å². The molecule has 1 aromatic heterocycles. The predicted octanol–water partition coefficient (Wildman–Crippen LogP) is 4.83. The minimum Gasteiger partial charge on any atom is -0.491 e. The number of carbonyl (C=O) groups is 1. The Labute approximate surface area is 188 Å². The van der Waals surface area contributed by atoms with Crippen LogP contribution in [0.25, 0.3) is 22.2 Å². The van der Waals surface area contributed by atoms with Crippen molar-refractivity contribution in [3.8, 4) is 16.9 Å². The summed E-state index contributed by atoms with van der Waals surface area (Å²) in [6.45, 7) is 7.69. The Bertz CT molecular complexity index is 1250. The Morgan fingerprint density at radius 1 is 1.19 bits per heavy atom. The van der Waals surface area contributed by atoms with Gasteiger partial charge in [0.2, 0.25) is 0 Å². The standard InChI is InChI=1S/C26H28N4O2/c1-4-21-11-16(2)12-24(29-21)26(31)30-9-10-32-25-8-6-18(13-20(25)15-30)19-5-7-22-23(14-19)28-17(3)27-22/h5-8,12-14,21H,4,9-11,15H2,1-3H3,(H,27,28). The van der Waals surface area contributed by atoms with E-state index in [0.717, 1.165) is 52.1 Å². The van der Waals surface area contributed by atoms with Gasteiger partial charge in [-0.15, -0.1) is 0 Å². The number of benzene rings is 2. The summed E-state index contributed by atoms with van der Waals surface area (Å²) in [5.41, 5.74) is 6.97. The van der Waals surface area contributed by atoms with E-state index in [1.165, 1.54) is 5.57 Å². The van der Waals surface area contributed by atoms with E-state index in [0.29, 0.717) is 25.4 Å². The van der Waals surface area contributed by atoms with E-state index in [1.807, 2.05) is 30.0 Å². The van der Waals surface area contributed by atoms with Crippen LogP contribution in [0.15, 0.2) is 53.0 Å². The van der Waals surface area contributed by atoms with Gasteiger partial charge < -0.3 is 14.6 Å². The molecule has 6 nitrogen and oxygen atoms in total. The van der Waals surface area contributed by atoms with E-state index in [-0.39, 0.29) is 11.9 Å². The lowest BCUT2D eigenvalue weighted by Gasteiger charge is -2.23. The van der Waals surface area contributed by atoms with Gasteiger partial charge in [-0.25, -0.2) is 4.98 Å². The first-order chi connectivity index (χ1) is 15.5. The number of rotatable bonds is 3. The van der Waals surface area contributed by atoms with Gasteiger partial charge in [0.15, 0.2) is 0 Å². The molecule has 1 unspecified atom stereocenters. The number of H-pyrrole nitrogens is 1. The van der Waals surface area contributed by atoms with E-state index in [9.17, 15) is 4.79 Å². The summed E-state index contributed by atoms with van der Waals surface area (Å²) in [6, 6.07) is 12.6. The number of ether oxygens (including phenoxy) is 1. The highest BCUT2D eigenvalue weighted by Gasteiger charge is 2.25. The second-order valence-corrected chi connectivity index (χ2v) is 8.72. The molecule has 0 fully saturated rings. The first-order valence-electron chi connectivity index (χ1n) is 11.3. The Morgan fingerprint density at radius 2 is 2.00 bits per heavy atom. The lowest BCUT2D eigenvalue weighted by Crippen LogP contribution is -2.38. The zero-order valence-electron chi connectivity index (χ0n) is 18.8. The SMILES string of the molecule is CCC1CC(C)=CC(C(=O)N2CCOc3ccc(-c4ccc5nc(C)[nH]c5c4)cc3C2)=N1. The van der Waals surface area contributed by atoms with Crippen molar-refractivity contribution >= 4 is 22.7 Å². The fourth-order valence-corrected chi connectivity index (χ4v) is 4.52. The smallest absolute Gasteiger partial charge is 0.272 e. The van der Waals surface area contributed by atoms with Gasteiger partial charge >= 0.3 is 0 Å². The van der Waals surface area contributed by atoms with Crippen molar-refractivity contribution in [3.63, 3.8) is 0 Å². The highest BCUT2D eigenvalue weighted by molar-refractivity contribution is 6.43. The third-order valence-electron chi connectivity index (χ3n) is 6.21. The number of carbonyl (C=O) groups excluding carboxylic acids is 1. The van der Waals surface area contributed by atoms with Crippen LogP contribution in [0.1, 0.15) is 38.1 Å². The second-order valence-electron chi connectivity index (χ2n) is 8.72. The van der Waals surface area contributed by atoms with Crippen LogP contribution in [-0.2, 0) is 11.3 Å². The van der Waals surface area contributed by atoms with Crippen LogP contribution in [0.5, 0.6) is 5.75 Å². The molecule has 0 spiro atoms. The Morgan fingerprint density at radius 3 is 2.84 bits per heavy atom. The van der Waals surface area contributed by atoms with Crippen molar-refractivity contribution in [1.82, 2.24) is 14.9 Å². The fourth-order valence-electron chi connectivity index (χ4n) is 4.52. The molecule has 2 aliphatic heterocycles. The number of aryl methyl sites for hydroxylation is 1. The number of imidazole rings is 1. The fraction of sp³-hybridized carbons (Fsp3) is 0.346. The van der Waals surface area contributed by atoms with E-state index >= 15 is 0 Å². The van der Waals surface area contributed by atoms with Gasteiger partial charge in [0, 0.05) is 12.1 Å². The van der Waals surface area contributed by atoms with Crippen LogP contribution in [0.3, 0.4) is 0 Å². The van der Waals surface area contributed by atoms with Crippen LogP contribution in [0, 0.1) is 6.92 Å². The molecule has 3 aromatic rings. The van der Waals surface area contributed by atoms with Gasteiger partial charge in [-0.3, -0.25) is 9.79 Å². The number of fused-ring (bicyclic) bond motifs is 2. The summed E-state index contributed by atoms with van der Waals surface area (Å²) in [5.74, 6) is 1.73. The minimum absolute atomic E-state index is 0.0151. The maximum atomic E-state index is 13.3. The predicted molar refractivity (Wildman–Crippen MR) is 127 cm³/mol. The maximum Gasteiger partial charge on any atom is 0.272 e. The van der Waals surface area contributed by atoms with Crippen molar-refractivity contribution in [2.75, 3.05) is 13.2 Å². The Kier molecular flexibility index (Phi) is 5.29. The molecule has 0 saturated heterocycles. The normalized spacial score (nSPS) is 18.5. The van der Waals surface area contributed by atoms with Crippen LogP contribution < -0.4 is 4.74 Å². The van der Waals surface area contributed by atoms with E-state index in [4.69, 9.17) is 9.73 Å². The molecular formula is C26H28N4O2. The van der Waals surface area contributed by atoms with Gasteiger partial charge in [0.25, 0.3) is 5.91 Å². The number of aliphatic imine (C=N–C) groups is 1. The number of dihydropyridines is 1. The molecule has 0 radical (unpaired) electrons. The molecule has 5 rings (SSSR count). The Balaban J connectivity index is 1.44. The second kappa shape index (κ2) is 8.26. The Hall–Kier alpha value is -3.41. The van der Waals surface area contributed by atoms with Crippen LogP contribution in [-0.4, -0.2) is 45.7 Å². The van der Waals surface area contributed by atoms with E-state index < -0.39 is 0 Å². The molecule has 164 valence electrons. The summed E-state index contributed by atoms with van der Waals surface area (Å²) in [7, 11) is 0. The number of amides is 1. The van der Waals surface area contributed by atoms with Gasteiger partial charge in [-0.2, -0.15) is 0 Å². The maximum absolute atomic E-state index is 13.3. The molecule has 6 heteroatoms. The number of hydrogen-bond acceptors (Lipinski definition) is 4. The van der Waals surface area contributed by atoms with Crippen molar-refractivity contribution in [2.24, 2.45) is 4.99 Å². The monoisotopic (exact) mass is 428 g/mol. The zero-order valence-corrected chi connectivity index (χ0v) is 18.8. The number of aromatic nitrogens is 2. The lowest BCUT2D eigenvalue weighted by molar-refractivity contribution is -0.124. The molecule has 2 aliphatic rings. The van der Waals surface area contributed by atoms with Crippen molar-refractivity contribution in [3.05, 3.63) is 59.4 Å². The highest BCUT2D eigenvalue weighted by atomic mass is 16.5. The zero-order chi connectivity index (χ0) is 22.2. The molecule has 2 aromatic carbocycles. The molecule has 3 heterocycles. The first kappa shape index (κ1) is 20.5. The topological polar surface area (TPSA) is 70.6 Å². The summed E-state index contributed by atoms with van der Waals surface area (Å²) in [4.78, 5) is 27.7. The molecule has 32 heavy (non-hydrogen) atoms. The highest BCUT2D eigenvalue weighted by Crippen LogP contribution is 2.31. The van der Waals surface area contributed by atoms with Crippen molar-refractivity contribution < 1.29 is 9.53 Å². The third kappa shape index (κ3) is 3.93. The average molecular weight is 429 g/mol. The third-order valence-corrected chi connectivity index (χ3v) is 6.21. The summed E-state index contributed by atoms with van der Waals surface area (Å²) >= 11 is 0. The molecule has 0 bridgehead atoms. The van der Waals surface area contributed by atoms with Crippen molar-refractivity contribution in [1.29, 1.82) is 0 Å². The number of nitrogens with one attached hydrogen (secondary N) is 1. The molecule has 1 N–H and O–H groups in total.